The van der Waals surface area contributed by atoms with Gasteiger partial charge in [-0.2, -0.15) is 0 Å². The van der Waals surface area contributed by atoms with Crippen LogP contribution in [-0.2, 0) is 9.84 Å². The Morgan fingerprint density at radius 3 is 2.29 bits per heavy atom. The Labute approximate surface area is 128 Å². The Morgan fingerprint density at radius 2 is 1.71 bits per heavy atom. The highest BCUT2D eigenvalue weighted by molar-refractivity contribution is 7.91. The number of hydrogen-bond donors (Lipinski definition) is 1. The molecule has 7 heteroatoms. The van der Waals surface area contributed by atoms with Crippen molar-refractivity contribution in [1.29, 1.82) is 0 Å². The fourth-order valence-electron chi connectivity index (χ4n) is 1.88. The van der Waals surface area contributed by atoms with E-state index in [1.165, 1.54) is 44.6 Å². The molecule has 0 atom stereocenters. The van der Waals surface area contributed by atoms with Crippen molar-refractivity contribution in [3.8, 4) is 11.5 Å². The van der Waals surface area contributed by atoms with Crippen molar-refractivity contribution in [2.45, 2.75) is 9.79 Å². The Bertz CT molecular complexity index is 775. The number of nitrogens with two attached hydrogens (primary N) is 1. The molecule has 0 radical (unpaired) electrons. The summed E-state index contributed by atoms with van der Waals surface area (Å²) in [5.41, 5.74) is 5.85. The third kappa shape index (κ3) is 2.91. The van der Waals surface area contributed by atoms with Crippen molar-refractivity contribution in [2.24, 2.45) is 0 Å². The van der Waals surface area contributed by atoms with E-state index in [2.05, 4.69) is 0 Å². The van der Waals surface area contributed by atoms with Crippen LogP contribution in [0.1, 0.15) is 0 Å². The molecule has 0 aliphatic rings. The van der Waals surface area contributed by atoms with Crippen LogP contribution >= 0.6 is 11.6 Å². The molecule has 112 valence electrons. The maximum Gasteiger partial charge on any atom is 0.212 e. The molecule has 0 aromatic heterocycles. The first kappa shape index (κ1) is 15.5. The van der Waals surface area contributed by atoms with Gasteiger partial charge in [0.15, 0.2) is 0 Å². The van der Waals surface area contributed by atoms with E-state index in [1.807, 2.05) is 0 Å². The number of anilines is 1. The maximum absolute atomic E-state index is 12.8. The quantitative estimate of drug-likeness (QED) is 0.873. The molecule has 0 fully saturated rings. The van der Waals surface area contributed by atoms with E-state index in [0.717, 1.165) is 0 Å². The summed E-state index contributed by atoms with van der Waals surface area (Å²) in [7, 11) is -1.00. The Hall–Kier alpha value is -1.92. The summed E-state index contributed by atoms with van der Waals surface area (Å²) in [4.78, 5) is -0.0446. The Morgan fingerprint density at radius 1 is 1.00 bits per heavy atom. The summed E-state index contributed by atoms with van der Waals surface area (Å²) in [6, 6.07) is 8.76. The number of hydrogen-bond acceptors (Lipinski definition) is 5. The van der Waals surface area contributed by atoms with E-state index in [9.17, 15) is 8.42 Å². The lowest BCUT2D eigenvalue weighted by Gasteiger charge is -2.12. The minimum absolute atomic E-state index is 0.0154. The third-order valence-electron chi connectivity index (χ3n) is 2.92. The zero-order chi connectivity index (χ0) is 15.6. The predicted molar refractivity (Wildman–Crippen MR) is 80.9 cm³/mol. The summed E-state index contributed by atoms with van der Waals surface area (Å²) >= 11 is 5.80. The van der Waals surface area contributed by atoms with E-state index in [1.54, 1.807) is 6.07 Å². The number of rotatable bonds is 4. The standard InChI is InChI=1S/C14H14ClNO4S/c1-19-10-4-5-12(20-2)14(8-10)21(17,18)13-6-3-9(15)7-11(13)16/h3-8H,16H2,1-2H3. The van der Waals surface area contributed by atoms with Crippen molar-refractivity contribution in [3.05, 3.63) is 41.4 Å². The highest BCUT2D eigenvalue weighted by atomic mass is 35.5. The Balaban J connectivity index is 2.68. The number of methoxy groups -OCH3 is 2. The zero-order valence-corrected chi connectivity index (χ0v) is 13.0. The fraction of sp³-hybridized carbons (Fsp3) is 0.143. The highest BCUT2D eigenvalue weighted by Gasteiger charge is 2.25. The SMILES string of the molecule is COc1ccc(OC)c(S(=O)(=O)c2ccc(Cl)cc2N)c1. The lowest BCUT2D eigenvalue weighted by molar-refractivity contribution is 0.392. The van der Waals surface area contributed by atoms with Gasteiger partial charge in [0.25, 0.3) is 0 Å². The minimum atomic E-state index is -3.85. The number of sulfone groups is 1. The molecule has 2 aromatic rings. The lowest BCUT2D eigenvalue weighted by Crippen LogP contribution is -2.07. The molecule has 0 heterocycles. The van der Waals surface area contributed by atoms with E-state index in [0.29, 0.717) is 10.8 Å². The summed E-state index contributed by atoms with van der Waals surface area (Å²) in [6.45, 7) is 0. The predicted octanol–water partition coefficient (Wildman–Crippen LogP) is 2.77. The molecule has 5 nitrogen and oxygen atoms in total. The molecule has 0 amide bonds. The first-order valence-electron chi connectivity index (χ1n) is 5.92. The molecule has 0 bridgehead atoms. The molecule has 0 saturated heterocycles. The second kappa shape index (κ2) is 5.83. The van der Waals surface area contributed by atoms with Gasteiger partial charge in [-0.3, -0.25) is 0 Å². The van der Waals surface area contributed by atoms with Gasteiger partial charge < -0.3 is 15.2 Å². The van der Waals surface area contributed by atoms with E-state index >= 15 is 0 Å². The molecular formula is C14H14ClNO4S. The molecule has 0 aliphatic carbocycles. The van der Waals surface area contributed by atoms with Gasteiger partial charge in [0.1, 0.15) is 16.4 Å². The number of nitrogen functional groups attached to an aromatic ring is 1. The number of halogens is 1. The Kier molecular flexibility index (Phi) is 4.29. The number of benzene rings is 2. The van der Waals surface area contributed by atoms with Gasteiger partial charge in [-0.15, -0.1) is 0 Å². The fourth-order valence-corrected chi connectivity index (χ4v) is 3.60. The van der Waals surface area contributed by atoms with Crippen LogP contribution in [0.15, 0.2) is 46.2 Å². The minimum Gasteiger partial charge on any atom is -0.497 e. The molecule has 0 spiro atoms. The second-order valence-corrected chi connectivity index (χ2v) is 6.53. The van der Waals surface area contributed by atoms with Crippen LogP contribution in [0, 0.1) is 0 Å². The van der Waals surface area contributed by atoms with Crippen molar-refractivity contribution < 1.29 is 17.9 Å². The molecule has 2 N–H and O–H groups in total. The maximum atomic E-state index is 12.8. The lowest BCUT2D eigenvalue weighted by atomic mass is 10.3. The average molecular weight is 328 g/mol. The van der Waals surface area contributed by atoms with E-state index in [4.69, 9.17) is 26.8 Å². The van der Waals surface area contributed by atoms with Crippen LogP contribution in [0.4, 0.5) is 5.69 Å². The molecule has 21 heavy (non-hydrogen) atoms. The molecule has 0 unspecified atom stereocenters. The van der Waals surface area contributed by atoms with E-state index < -0.39 is 9.84 Å². The first-order valence-corrected chi connectivity index (χ1v) is 7.78. The smallest absolute Gasteiger partial charge is 0.212 e. The van der Waals surface area contributed by atoms with Crippen LogP contribution in [0.5, 0.6) is 11.5 Å². The van der Waals surface area contributed by atoms with Crippen LogP contribution in [0.2, 0.25) is 5.02 Å². The molecule has 2 rings (SSSR count). The topological polar surface area (TPSA) is 78.6 Å². The van der Waals surface area contributed by atoms with Crippen molar-refractivity contribution in [2.75, 3.05) is 20.0 Å². The third-order valence-corrected chi connectivity index (χ3v) is 5.01. The van der Waals surface area contributed by atoms with Crippen molar-refractivity contribution in [1.82, 2.24) is 0 Å². The van der Waals surface area contributed by atoms with E-state index in [-0.39, 0.29) is 21.2 Å². The summed E-state index contributed by atoms with van der Waals surface area (Å²) < 4.78 is 35.7. The van der Waals surface area contributed by atoms with Gasteiger partial charge >= 0.3 is 0 Å². The molecule has 0 saturated carbocycles. The molecule has 2 aromatic carbocycles. The van der Waals surface area contributed by atoms with Gasteiger partial charge in [0.2, 0.25) is 9.84 Å². The van der Waals surface area contributed by atoms with Gasteiger partial charge in [-0.1, -0.05) is 11.6 Å². The van der Waals surface area contributed by atoms with Crippen molar-refractivity contribution in [3.63, 3.8) is 0 Å². The van der Waals surface area contributed by atoms with Crippen LogP contribution < -0.4 is 15.2 Å². The number of ether oxygens (including phenoxy) is 2. The van der Waals surface area contributed by atoms with Crippen LogP contribution in [0.25, 0.3) is 0 Å². The summed E-state index contributed by atoms with van der Waals surface area (Å²) in [5, 5.41) is 0.365. The molecule has 0 aliphatic heterocycles. The zero-order valence-electron chi connectivity index (χ0n) is 11.5. The van der Waals surface area contributed by atoms with Gasteiger partial charge in [-0.25, -0.2) is 8.42 Å². The van der Waals surface area contributed by atoms with Crippen LogP contribution in [-0.4, -0.2) is 22.6 Å². The average Bonchev–Trinajstić information content (AvgIpc) is 2.46. The largest absolute Gasteiger partial charge is 0.497 e. The monoisotopic (exact) mass is 327 g/mol. The first-order chi connectivity index (χ1) is 9.90. The van der Waals surface area contributed by atoms with Crippen LogP contribution in [0.3, 0.4) is 0 Å². The summed E-state index contributed by atoms with van der Waals surface area (Å²) in [5.74, 6) is 0.618. The normalized spacial score (nSPS) is 11.2. The highest BCUT2D eigenvalue weighted by Crippen LogP contribution is 2.35. The van der Waals surface area contributed by atoms with Gasteiger partial charge in [-0.05, 0) is 30.3 Å². The molecular weight excluding hydrogens is 314 g/mol. The van der Waals surface area contributed by atoms with Gasteiger partial charge in [0.05, 0.1) is 24.8 Å². The van der Waals surface area contributed by atoms with Gasteiger partial charge in [0, 0.05) is 11.1 Å². The summed E-state index contributed by atoms with van der Waals surface area (Å²) in [6.07, 6.45) is 0. The van der Waals surface area contributed by atoms with Crippen molar-refractivity contribution >= 4 is 27.1 Å². The second-order valence-electron chi connectivity index (χ2n) is 4.20.